The van der Waals surface area contributed by atoms with Crippen LogP contribution in [0.5, 0.6) is 0 Å². The van der Waals surface area contributed by atoms with Crippen LogP contribution in [0.25, 0.3) is 0 Å². The van der Waals surface area contributed by atoms with Gasteiger partial charge < -0.3 is 4.90 Å². The molecule has 1 aromatic carbocycles. The summed E-state index contributed by atoms with van der Waals surface area (Å²) < 4.78 is 27.1. The number of amides is 1. The summed E-state index contributed by atoms with van der Waals surface area (Å²) in [6, 6.07) is 6.37. The number of nitrogens with zero attached hydrogens (tertiary/aromatic N) is 2. The monoisotopic (exact) mass is 386 g/mol. The van der Waals surface area contributed by atoms with Gasteiger partial charge >= 0.3 is 0 Å². The molecule has 25 heavy (non-hydrogen) atoms. The number of sulfonamides is 1. The van der Waals surface area contributed by atoms with Gasteiger partial charge in [0.2, 0.25) is 15.9 Å². The minimum absolute atomic E-state index is 0.118. The summed E-state index contributed by atoms with van der Waals surface area (Å²) in [5.41, 5.74) is 0. The summed E-state index contributed by atoms with van der Waals surface area (Å²) >= 11 is 5.85. The van der Waals surface area contributed by atoms with E-state index in [2.05, 4.69) is 0 Å². The summed E-state index contributed by atoms with van der Waals surface area (Å²) in [6.45, 7) is 6.17. The van der Waals surface area contributed by atoms with Gasteiger partial charge in [-0.2, -0.15) is 4.31 Å². The Balaban J connectivity index is 2.22. The summed E-state index contributed by atoms with van der Waals surface area (Å²) in [7, 11) is -3.72. The molecule has 2 atom stereocenters. The van der Waals surface area contributed by atoms with Gasteiger partial charge in [-0.3, -0.25) is 4.79 Å². The van der Waals surface area contributed by atoms with Crippen LogP contribution in [0, 0.1) is 0 Å². The zero-order chi connectivity index (χ0) is 18.6. The molecule has 2 rings (SSSR count). The summed E-state index contributed by atoms with van der Waals surface area (Å²) in [5, 5.41) is 0.480. The first kappa shape index (κ1) is 20.2. The predicted molar refractivity (Wildman–Crippen MR) is 100 cm³/mol. The fourth-order valence-electron chi connectivity index (χ4n) is 3.43. The topological polar surface area (TPSA) is 57.7 Å². The Bertz CT molecular complexity index is 681. The zero-order valence-corrected chi connectivity index (χ0v) is 16.7. The minimum Gasteiger partial charge on any atom is -0.336 e. The molecule has 5 nitrogen and oxygen atoms in total. The van der Waals surface area contributed by atoms with Crippen LogP contribution in [0.3, 0.4) is 0 Å². The Kier molecular flexibility index (Phi) is 6.88. The minimum atomic E-state index is -3.72. The highest BCUT2D eigenvalue weighted by Crippen LogP contribution is 2.24. The first-order valence-electron chi connectivity index (χ1n) is 8.84. The quantitative estimate of drug-likeness (QED) is 0.751. The van der Waals surface area contributed by atoms with Crippen molar-refractivity contribution in [1.29, 1.82) is 0 Å². The Hall–Kier alpha value is -1.11. The normalized spacial score (nSPS) is 21.6. The van der Waals surface area contributed by atoms with E-state index in [4.69, 9.17) is 11.6 Å². The van der Waals surface area contributed by atoms with Gasteiger partial charge in [0.15, 0.2) is 0 Å². The highest BCUT2D eigenvalue weighted by Gasteiger charge is 2.33. The molecule has 0 spiro atoms. The van der Waals surface area contributed by atoms with E-state index in [0.29, 0.717) is 18.0 Å². The fraction of sp³-hybridized carbons (Fsp3) is 0.611. The van der Waals surface area contributed by atoms with Crippen LogP contribution >= 0.6 is 11.6 Å². The largest absolute Gasteiger partial charge is 0.336 e. The van der Waals surface area contributed by atoms with Crippen molar-refractivity contribution in [3.05, 3.63) is 29.3 Å². The highest BCUT2D eigenvalue weighted by molar-refractivity contribution is 7.89. The van der Waals surface area contributed by atoms with Gasteiger partial charge in [0.05, 0.1) is 11.4 Å². The molecule has 1 aliphatic rings. The van der Waals surface area contributed by atoms with Gasteiger partial charge in [-0.1, -0.05) is 18.5 Å². The second-order valence-electron chi connectivity index (χ2n) is 6.72. The molecule has 1 heterocycles. The summed E-state index contributed by atoms with van der Waals surface area (Å²) in [5.74, 6) is -0.120. The third-order valence-corrected chi connectivity index (χ3v) is 6.83. The number of hydrogen-bond acceptors (Lipinski definition) is 3. The Morgan fingerprint density at radius 3 is 2.28 bits per heavy atom. The second kappa shape index (κ2) is 8.52. The molecule has 0 N–H and O–H groups in total. The van der Waals surface area contributed by atoms with Crippen molar-refractivity contribution in [2.75, 3.05) is 13.1 Å². The van der Waals surface area contributed by atoms with E-state index in [1.165, 1.54) is 16.4 Å². The van der Waals surface area contributed by atoms with Crippen molar-refractivity contribution in [3.63, 3.8) is 0 Å². The molecule has 1 aliphatic heterocycles. The number of carbonyl (C=O) groups is 1. The number of likely N-dealkylation sites (tertiary alicyclic amines) is 1. The number of carbonyl (C=O) groups excluding carboxylic acids is 1. The summed E-state index contributed by atoms with van der Waals surface area (Å²) in [6.07, 6.45) is 3.68. The second-order valence-corrected chi connectivity index (χ2v) is 9.10. The molecular formula is C18H27ClN2O3S. The molecule has 140 valence electrons. The molecule has 1 saturated heterocycles. The molecule has 1 amide bonds. The molecule has 0 saturated carbocycles. The maximum Gasteiger partial charge on any atom is 0.243 e. The maximum absolute atomic E-state index is 12.9. The lowest BCUT2D eigenvalue weighted by Gasteiger charge is -2.40. The average Bonchev–Trinajstić information content (AvgIpc) is 2.54. The van der Waals surface area contributed by atoms with Crippen molar-refractivity contribution in [1.82, 2.24) is 9.21 Å². The average molecular weight is 387 g/mol. The van der Waals surface area contributed by atoms with Crippen molar-refractivity contribution in [2.45, 2.75) is 63.4 Å². The third-order valence-electron chi connectivity index (χ3n) is 4.72. The lowest BCUT2D eigenvalue weighted by molar-refractivity contribution is -0.137. The molecule has 0 radical (unpaired) electrons. The van der Waals surface area contributed by atoms with E-state index in [9.17, 15) is 13.2 Å². The predicted octanol–water partition coefficient (Wildman–Crippen LogP) is 3.53. The van der Waals surface area contributed by atoms with Gasteiger partial charge in [0.1, 0.15) is 0 Å². The van der Waals surface area contributed by atoms with E-state index in [-0.39, 0.29) is 29.4 Å². The molecule has 0 bridgehead atoms. The molecular weight excluding hydrogens is 360 g/mol. The van der Waals surface area contributed by atoms with Crippen molar-refractivity contribution >= 4 is 27.5 Å². The molecule has 7 heteroatoms. The van der Waals surface area contributed by atoms with Crippen LogP contribution in [0.1, 0.15) is 46.5 Å². The Morgan fingerprint density at radius 2 is 1.76 bits per heavy atom. The van der Waals surface area contributed by atoms with E-state index < -0.39 is 10.0 Å². The van der Waals surface area contributed by atoms with Gasteiger partial charge in [-0.05, 0) is 63.8 Å². The van der Waals surface area contributed by atoms with Gasteiger partial charge in [-0.15, -0.1) is 0 Å². The third kappa shape index (κ3) is 4.74. The molecule has 1 fully saturated rings. The number of benzene rings is 1. The number of rotatable bonds is 6. The van der Waals surface area contributed by atoms with E-state index in [0.717, 1.165) is 19.3 Å². The number of halogens is 1. The van der Waals surface area contributed by atoms with Crippen LogP contribution < -0.4 is 0 Å². The zero-order valence-electron chi connectivity index (χ0n) is 15.1. The highest BCUT2D eigenvalue weighted by atomic mass is 35.5. The van der Waals surface area contributed by atoms with Crippen LogP contribution in [0.2, 0.25) is 5.02 Å². The van der Waals surface area contributed by atoms with Crippen molar-refractivity contribution in [3.8, 4) is 0 Å². The van der Waals surface area contributed by atoms with Crippen molar-refractivity contribution < 1.29 is 13.2 Å². The van der Waals surface area contributed by atoms with Crippen LogP contribution in [0.15, 0.2) is 29.2 Å². The number of hydrogen-bond donors (Lipinski definition) is 0. The van der Waals surface area contributed by atoms with E-state index >= 15 is 0 Å². The van der Waals surface area contributed by atoms with Gasteiger partial charge in [0, 0.05) is 23.7 Å². The van der Waals surface area contributed by atoms with E-state index in [1.807, 2.05) is 25.7 Å². The number of piperidine rings is 1. The first-order chi connectivity index (χ1) is 11.8. The van der Waals surface area contributed by atoms with Crippen LogP contribution in [-0.2, 0) is 14.8 Å². The molecule has 1 aromatic rings. The Labute approximate surface area is 156 Å². The lowest BCUT2D eigenvalue weighted by Crippen LogP contribution is -2.51. The van der Waals surface area contributed by atoms with Crippen LogP contribution in [-0.4, -0.2) is 48.7 Å². The first-order valence-corrected chi connectivity index (χ1v) is 10.7. The molecule has 0 aromatic heterocycles. The maximum atomic E-state index is 12.9. The standard InChI is InChI=1S/C18H27ClN2O3S/c1-4-12-20(25(23,24)17-10-8-16(19)9-11-17)13-18(22)21-14(2)6-5-7-15(21)3/h8-11,14-15H,4-7,12-13H2,1-3H3. The van der Waals surface area contributed by atoms with E-state index in [1.54, 1.807) is 12.1 Å². The lowest BCUT2D eigenvalue weighted by atomic mass is 9.97. The molecule has 2 unspecified atom stereocenters. The molecule has 0 aliphatic carbocycles. The Morgan fingerprint density at radius 1 is 1.20 bits per heavy atom. The fourth-order valence-corrected chi connectivity index (χ4v) is 5.04. The summed E-state index contributed by atoms with van der Waals surface area (Å²) in [4.78, 5) is 14.9. The smallest absolute Gasteiger partial charge is 0.243 e. The van der Waals surface area contributed by atoms with Gasteiger partial charge in [0.25, 0.3) is 0 Å². The SMILES string of the molecule is CCCN(CC(=O)N1C(C)CCCC1C)S(=O)(=O)c1ccc(Cl)cc1. The van der Waals surface area contributed by atoms with Crippen molar-refractivity contribution in [2.24, 2.45) is 0 Å². The van der Waals surface area contributed by atoms with Gasteiger partial charge in [-0.25, -0.2) is 8.42 Å². The van der Waals surface area contributed by atoms with Crippen LogP contribution in [0.4, 0.5) is 0 Å².